The molecule has 17 heavy (non-hydrogen) atoms. The number of hydrogen-bond donors (Lipinski definition) is 2. The first-order chi connectivity index (χ1) is 8.13. The molecule has 0 aliphatic rings. The van der Waals surface area contributed by atoms with Gasteiger partial charge in [0.2, 0.25) is 0 Å². The fraction of sp³-hybridized carbons (Fsp3) is 0.500. The molecule has 1 aromatic rings. The summed E-state index contributed by atoms with van der Waals surface area (Å²) >= 11 is 0. The quantitative estimate of drug-likeness (QED) is 0.767. The number of carbonyl (C=O) groups is 1. The zero-order valence-electron chi connectivity index (χ0n) is 10.2. The fourth-order valence-electron chi connectivity index (χ4n) is 1.31. The van der Waals surface area contributed by atoms with Crippen molar-refractivity contribution in [2.24, 2.45) is 0 Å². The van der Waals surface area contributed by atoms with Gasteiger partial charge in [0.05, 0.1) is 13.2 Å². The zero-order valence-corrected chi connectivity index (χ0v) is 10.2. The van der Waals surface area contributed by atoms with Gasteiger partial charge >= 0.3 is 6.09 Å². The van der Waals surface area contributed by atoms with E-state index in [0.29, 0.717) is 12.2 Å². The minimum Gasteiger partial charge on any atom is -0.450 e. The molecule has 0 fully saturated rings. The highest BCUT2D eigenvalue weighted by atomic mass is 16.5. The number of amides is 1. The van der Waals surface area contributed by atoms with Crippen molar-refractivity contribution in [1.82, 2.24) is 10.3 Å². The molecule has 2 N–H and O–H groups in total. The van der Waals surface area contributed by atoms with Gasteiger partial charge in [0.15, 0.2) is 0 Å². The normalized spacial score (nSPS) is 10.0. The number of aromatic amines is 1. The first kappa shape index (κ1) is 13.3. The van der Waals surface area contributed by atoms with E-state index in [1.807, 2.05) is 13.8 Å². The number of aryl methyl sites for hydroxylation is 1. The van der Waals surface area contributed by atoms with E-state index in [1.54, 1.807) is 12.3 Å². The lowest BCUT2D eigenvalue weighted by atomic mass is 10.2. The number of unbranched alkanes of at least 4 members (excludes halogenated alkanes) is 1. The van der Waals surface area contributed by atoms with Crippen LogP contribution >= 0.6 is 0 Å². The molecule has 1 heterocycles. The van der Waals surface area contributed by atoms with Crippen molar-refractivity contribution in [3.63, 3.8) is 0 Å². The van der Waals surface area contributed by atoms with Crippen LogP contribution in [0.15, 0.2) is 17.1 Å². The van der Waals surface area contributed by atoms with Crippen LogP contribution in [0.3, 0.4) is 0 Å². The average molecular weight is 238 g/mol. The van der Waals surface area contributed by atoms with Crippen LogP contribution in [0.5, 0.6) is 0 Å². The Kier molecular flexibility index (Phi) is 5.26. The number of nitrogens with one attached hydrogen (secondary N) is 2. The third kappa shape index (κ3) is 4.72. The highest BCUT2D eigenvalue weighted by Crippen LogP contribution is 1.96. The largest absolute Gasteiger partial charge is 0.450 e. The van der Waals surface area contributed by atoms with Crippen LogP contribution in [0.25, 0.3) is 0 Å². The van der Waals surface area contributed by atoms with Gasteiger partial charge in [-0.1, -0.05) is 13.3 Å². The van der Waals surface area contributed by atoms with E-state index < -0.39 is 6.09 Å². The van der Waals surface area contributed by atoms with E-state index in [-0.39, 0.29) is 12.1 Å². The predicted octanol–water partition coefficient (Wildman–Crippen LogP) is 1.71. The monoisotopic (exact) mass is 238 g/mol. The minimum absolute atomic E-state index is 0.183. The summed E-state index contributed by atoms with van der Waals surface area (Å²) in [5.41, 5.74) is 1.28. The summed E-state index contributed by atoms with van der Waals surface area (Å²) < 4.78 is 4.91. The van der Waals surface area contributed by atoms with Gasteiger partial charge in [0, 0.05) is 11.8 Å². The second-order valence-electron chi connectivity index (χ2n) is 3.87. The number of rotatable bonds is 5. The molecular weight excluding hydrogens is 220 g/mol. The van der Waals surface area contributed by atoms with Crippen molar-refractivity contribution in [2.45, 2.75) is 33.2 Å². The Morgan fingerprint density at radius 2 is 2.29 bits per heavy atom. The predicted molar refractivity (Wildman–Crippen MR) is 64.9 cm³/mol. The van der Waals surface area contributed by atoms with Crippen molar-refractivity contribution >= 4 is 6.09 Å². The fourth-order valence-corrected chi connectivity index (χ4v) is 1.31. The molecule has 0 saturated heterocycles. The van der Waals surface area contributed by atoms with Gasteiger partial charge < -0.3 is 15.0 Å². The van der Waals surface area contributed by atoms with Crippen LogP contribution in [0.2, 0.25) is 0 Å². The smallest absolute Gasteiger partial charge is 0.407 e. The Bertz CT molecular complexity index is 426. The SMILES string of the molecule is CCCCOC(=O)NCc1cc(C)c[nH]c1=O. The van der Waals surface area contributed by atoms with Crippen molar-refractivity contribution in [2.75, 3.05) is 6.61 Å². The van der Waals surface area contributed by atoms with E-state index in [2.05, 4.69) is 10.3 Å². The molecule has 5 heteroatoms. The molecule has 0 radical (unpaired) electrons. The van der Waals surface area contributed by atoms with Gasteiger partial charge in [-0.05, 0) is 25.0 Å². The molecule has 1 aromatic heterocycles. The number of pyridine rings is 1. The maximum Gasteiger partial charge on any atom is 0.407 e. The Balaban J connectivity index is 2.42. The van der Waals surface area contributed by atoms with E-state index in [0.717, 1.165) is 18.4 Å². The third-order valence-corrected chi connectivity index (χ3v) is 2.28. The maximum atomic E-state index is 11.4. The summed E-state index contributed by atoms with van der Waals surface area (Å²) in [5, 5.41) is 2.54. The molecule has 0 atom stereocenters. The second-order valence-corrected chi connectivity index (χ2v) is 3.87. The molecule has 0 aromatic carbocycles. The number of ether oxygens (including phenoxy) is 1. The first-order valence-corrected chi connectivity index (χ1v) is 5.72. The highest BCUT2D eigenvalue weighted by molar-refractivity contribution is 5.67. The highest BCUT2D eigenvalue weighted by Gasteiger charge is 2.04. The molecular formula is C12H18N2O3. The average Bonchev–Trinajstić information content (AvgIpc) is 2.31. The minimum atomic E-state index is -0.487. The summed E-state index contributed by atoms with van der Waals surface area (Å²) in [7, 11) is 0. The van der Waals surface area contributed by atoms with E-state index >= 15 is 0 Å². The number of hydrogen-bond acceptors (Lipinski definition) is 3. The van der Waals surface area contributed by atoms with Crippen molar-refractivity contribution in [3.8, 4) is 0 Å². The number of aromatic nitrogens is 1. The molecule has 0 aliphatic heterocycles. The van der Waals surface area contributed by atoms with Gasteiger partial charge in [-0.2, -0.15) is 0 Å². The van der Waals surface area contributed by atoms with E-state index in [4.69, 9.17) is 4.74 Å². The Morgan fingerprint density at radius 3 is 3.00 bits per heavy atom. The van der Waals surface area contributed by atoms with E-state index in [9.17, 15) is 9.59 Å². The van der Waals surface area contributed by atoms with Crippen LogP contribution in [0.1, 0.15) is 30.9 Å². The lowest BCUT2D eigenvalue weighted by molar-refractivity contribution is 0.144. The van der Waals surface area contributed by atoms with Gasteiger partial charge in [0.1, 0.15) is 0 Å². The molecule has 1 rings (SSSR count). The summed E-state index contributed by atoms with van der Waals surface area (Å²) in [6.07, 6.45) is 2.97. The second kappa shape index (κ2) is 6.73. The Hall–Kier alpha value is -1.78. The number of alkyl carbamates (subject to hydrolysis) is 1. The molecule has 0 unspecified atom stereocenters. The molecule has 94 valence electrons. The summed E-state index contributed by atoms with van der Waals surface area (Å²) in [5.74, 6) is 0. The zero-order chi connectivity index (χ0) is 12.7. The number of H-pyrrole nitrogens is 1. The van der Waals surface area contributed by atoms with Crippen molar-refractivity contribution < 1.29 is 9.53 Å². The van der Waals surface area contributed by atoms with Gasteiger partial charge in [-0.25, -0.2) is 4.79 Å². The molecule has 0 spiro atoms. The lowest BCUT2D eigenvalue weighted by Gasteiger charge is -2.06. The molecule has 0 bridgehead atoms. The van der Waals surface area contributed by atoms with Gasteiger partial charge in [-0.15, -0.1) is 0 Å². The summed E-state index contributed by atoms with van der Waals surface area (Å²) in [4.78, 5) is 25.2. The Morgan fingerprint density at radius 1 is 1.53 bits per heavy atom. The maximum absolute atomic E-state index is 11.4. The molecule has 0 saturated carbocycles. The summed E-state index contributed by atoms with van der Waals surface area (Å²) in [6.45, 7) is 4.49. The molecule has 0 aliphatic carbocycles. The summed E-state index contributed by atoms with van der Waals surface area (Å²) in [6, 6.07) is 1.74. The topological polar surface area (TPSA) is 71.2 Å². The van der Waals surface area contributed by atoms with Crippen LogP contribution in [0, 0.1) is 6.92 Å². The van der Waals surface area contributed by atoms with Crippen LogP contribution < -0.4 is 10.9 Å². The Labute approximate surface area is 100 Å². The lowest BCUT2D eigenvalue weighted by Crippen LogP contribution is -2.27. The van der Waals surface area contributed by atoms with Crippen LogP contribution in [-0.4, -0.2) is 17.7 Å². The third-order valence-electron chi connectivity index (χ3n) is 2.28. The standard InChI is InChI=1S/C12H18N2O3/c1-3-4-5-17-12(16)14-8-10-6-9(2)7-13-11(10)15/h6-7H,3-5,8H2,1-2H3,(H,13,15)(H,14,16). The molecule has 1 amide bonds. The molecule has 5 nitrogen and oxygen atoms in total. The number of carbonyl (C=O) groups excluding carboxylic acids is 1. The van der Waals surface area contributed by atoms with Crippen LogP contribution in [-0.2, 0) is 11.3 Å². The van der Waals surface area contributed by atoms with Gasteiger partial charge in [-0.3, -0.25) is 4.79 Å². The van der Waals surface area contributed by atoms with Crippen molar-refractivity contribution in [1.29, 1.82) is 0 Å². The first-order valence-electron chi connectivity index (χ1n) is 5.72. The van der Waals surface area contributed by atoms with E-state index in [1.165, 1.54) is 0 Å². The van der Waals surface area contributed by atoms with Crippen molar-refractivity contribution in [3.05, 3.63) is 33.7 Å². The van der Waals surface area contributed by atoms with Gasteiger partial charge in [0.25, 0.3) is 5.56 Å². The van der Waals surface area contributed by atoms with Crippen LogP contribution in [0.4, 0.5) is 4.79 Å².